The lowest BCUT2D eigenvalue weighted by Crippen LogP contribution is -2.35. The Balaban J connectivity index is 1.83. The molecule has 0 spiro atoms. The lowest BCUT2D eigenvalue weighted by Gasteiger charge is -2.27. The van der Waals surface area contributed by atoms with Crippen LogP contribution >= 0.6 is 22.6 Å². The van der Waals surface area contributed by atoms with Crippen molar-refractivity contribution in [2.75, 3.05) is 21.3 Å². The molecule has 6 nitrogen and oxygen atoms in total. The van der Waals surface area contributed by atoms with Gasteiger partial charge in [0, 0.05) is 30.5 Å². The Labute approximate surface area is 151 Å². The number of aliphatic hydroxyl groups is 1. The Morgan fingerprint density at radius 3 is 2.61 bits per heavy atom. The van der Waals surface area contributed by atoms with Crippen LogP contribution in [0.5, 0.6) is 0 Å². The third-order valence-electron chi connectivity index (χ3n) is 4.99. The molecule has 1 saturated carbocycles. The van der Waals surface area contributed by atoms with E-state index in [4.69, 9.17) is 18.9 Å². The van der Waals surface area contributed by atoms with Gasteiger partial charge >= 0.3 is 5.97 Å². The van der Waals surface area contributed by atoms with Crippen LogP contribution in [0.1, 0.15) is 32.1 Å². The van der Waals surface area contributed by atoms with E-state index in [0.717, 1.165) is 19.3 Å². The van der Waals surface area contributed by atoms with Crippen molar-refractivity contribution in [1.82, 2.24) is 0 Å². The lowest BCUT2D eigenvalue weighted by molar-refractivity contribution is -0.164. The Hall–Kier alpha value is 0.0400. The van der Waals surface area contributed by atoms with Crippen molar-refractivity contribution < 1.29 is 28.8 Å². The van der Waals surface area contributed by atoms with Gasteiger partial charge in [0.05, 0.1) is 31.8 Å². The number of aliphatic hydroxyl groups excluding tert-OH is 1. The van der Waals surface area contributed by atoms with E-state index < -0.39 is 6.10 Å². The Morgan fingerprint density at radius 2 is 2.00 bits per heavy atom. The van der Waals surface area contributed by atoms with Crippen LogP contribution in [0.2, 0.25) is 0 Å². The number of hydrogen-bond donors (Lipinski definition) is 1. The van der Waals surface area contributed by atoms with Crippen molar-refractivity contribution in [3.05, 3.63) is 0 Å². The first-order chi connectivity index (χ1) is 11.0. The maximum absolute atomic E-state index is 11.3. The number of esters is 1. The maximum Gasteiger partial charge on any atom is 0.306 e. The van der Waals surface area contributed by atoms with Crippen molar-refractivity contribution in [2.45, 2.75) is 60.6 Å². The van der Waals surface area contributed by atoms with Crippen molar-refractivity contribution >= 4 is 28.6 Å². The number of halogens is 1. The number of carbonyl (C=O) groups excluding carboxylic acids is 1. The second kappa shape index (κ2) is 8.94. The molecule has 0 aromatic heterocycles. The molecule has 0 bridgehead atoms. The van der Waals surface area contributed by atoms with Gasteiger partial charge in [-0.25, -0.2) is 0 Å². The first-order valence-corrected chi connectivity index (χ1v) is 9.34. The summed E-state index contributed by atoms with van der Waals surface area (Å²) in [6, 6.07) is 0. The summed E-state index contributed by atoms with van der Waals surface area (Å²) in [4.78, 5) is 11.3. The van der Waals surface area contributed by atoms with Crippen LogP contribution in [-0.2, 0) is 23.7 Å². The zero-order chi connectivity index (χ0) is 17.0. The molecule has 7 heteroatoms. The number of hydrogen-bond acceptors (Lipinski definition) is 6. The van der Waals surface area contributed by atoms with Crippen LogP contribution < -0.4 is 0 Å². The normalized spacial score (nSPS) is 34.6. The van der Waals surface area contributed by atoms with Crippen molar-refractivity contribution in [3.8, 4) is 0 Å². The topological polar surface area (TPSA) is 74.2 Å². The van der Waals surface area contributed by atoms with Crippen LogP contribution in [0.15, 0.2) is 0 Å². The minimum Gasteiger partial charge on any atom is -0.469 e. The number of ether oxygens (including phenoxy) is 4. The van der Waals surface area contributed by atoms with Gasteiger partial charge in [0.15, 0.2) is 6.29 Å². The van der Waals surface area contributed by atoms with Gasteiger partial charge < -0.3 is 24.1 Å². The molecule has 1 aliphatic carbocycles. The highest BCUT2D eigenvalue weighted by atomic mass is 127. The van der Waals surface area contributed by atoms with Crippen LogP contribution in [0.25, 0.3) is 0 Å². The molecule has 23 heavy (non-hydrogen) atoms. The third-order valence-corrected chi connectivity index (χ3v) is 6.05. The van der Waals surface area contributed by atoms with Crippen molar-refractivity contribution in [1.29, 1.82) is 0 Å². The van der Waals surface area contributed by atoms with E-state index in [1.54, 1.807) is 14.2 Å². The second-order valence-electron chi connectivity index (χ2n) is 6.37. The first kappa shape index (κ1) is 19.4. The summed E-state index contributed by atoms with van der Waals surface area (Å²) in [5.74, 6) is 0.0680. The molecule has 1 heterocycles. The standard InChI is InChI=1S/C16H27IO6/c1-20-14(19)6-9(17)4-5-10-7-11-13(23-10)8-12(18)15(11)16(21-2)22-3/h9-13,15-16,18H,4-8H2,1-3H3. The van der Waals surface area contributed by atoms with Gasteiger partial charge in [-0.15, -0.1) is 0 Å². The van der Waals surface area contributed by atoms with E-state index in [1.807, 2.05) is 0 Å². The number of methoxy groups -OCH3 is 3. The molecule has 1 N–H and O–H groups in total. The van der Waals surface area contributed by atoms with Gasteiger partial charge in [0.2, 0.25) is 0 Å². The van der Waals surface area contributed by atoms with Crippen molar-refractivity contribution in [2.24, 2.45) is 11.8 Å². The fraction of sp³-hybridized carbons (Fsp3) is 0.938. The van der Waals surface area contributed by atoms with Gasteiger partial charge in [-0.1, -0.05) is 22.6 Å². The van der Waals surface area contributed by atoms with Crippen LogP contribution in [0.4, 0.5) is 0 Å². The van der Waals surface area contributed by atoms with Crippen LogP contribution in [0, 0.1) is 11.8 Å². The van der Waals surface area contributed by atoms with E-state index >= 15 is 0 Å². The summed E-state index contributed by atoms with van der Waals surface area (Å²) in [5.41, 5.74) is 0. The van der Waals surface area contributed by atoms with Crippen molar-refractivity contribution in [3.63, 3.8) is 0 Å². The second-order valence-corrected chi connectivity index (χ2v) is 8.13. The highest BCUT2D eigenvalue weighted by molar-refractivity contribution is 14.1. The number of alkyl halides is 1. The van der Waals surface area contributed by atoms with E-state index in [0.29, 0.717) is 12.8 Å². The monoisotopic (exact) mass is 442 g/mol. The highest BCUT2D eigenvalue weighted by Crippen LogP contribution is 2.46. The molecule has 2 aliphatic rings. The predicted molar refractivity (Wildman–Crippen MR) is 92.4 cm³/mol. The predicted octanol–water partition coefficient (Wildman–Crippen LogP) is 1.91. The minimum absolute atomic E-state index is 0.0366. The summed E-state index contributed by atoms with van der Waals surface area (Å²) < 4.78 is 21.8. The average Bonchev–Trinajstić information content (AvgIpc) is 3.04. The van der Waals surface area contributed by atoms with Crippen LogP contribution in [-0.4, -0.2) is 60.9 Å². The fourth-order valence-electron chi connectivity index (χ4n) is 3.89. The largest absolute Gasteiger partial charge is 0.469 e. The molecular weight excluding hydrogens is 415 g/mol. The fourth-order valence-corrected chi connectivity index (χ4v) is 4.61. The molecule has 0 aromatic carbocycles. The average molecular weight is 442 g/mol. The van der Waals surface area contributed by atoms with Gasteiger partial charge in [-0.3, -0.25) is 4.79 Å². The first-order valence-electron chi connectivity index (χ1n) is 8.10. The Bertz CT molecular complexity index is 389. The zero-order valence-electron chi connectivity index (χ0n) is 13.9. The molecule has 1 aliphatic heterocycles. The minimum atomic E-state index is -0.438. The van der Waals surface area contributed by atoms with E-state index in [9.17, 15) is 9.90 Å². The smallest absolute Gasteiger partial charge is 0.306 e. The summed E-state index contributed by atoms with van der Waals surface area (Å²) in [7, 11) is 4.63. The van der Waals surface area contributed by atoms with Gasteiger partial charge in [-0.05, 0) is 25.2 Å². The van der Waals surface area contributed by atoms with E-state index in [2.05, 4.69) is 22.6 Å². The lowest BCUT2D eigenvalue weighted by atomic mass is 9.89. The summed E-state index contributed by atoms with van der Waals surface area (Å²) in [6.07, 6.45) is 3.28. The quantitative estimate of drug-likeness (QED) is 0.268. The molecule has 0 radical (unpaired) electrons. The zero-order valence-corrected chi connectivity index (χ0v) is 16.1. The summed E-state index contributed by atoms with van der Waals surface area (Å²) >= 11 is 2.29. The molecule has 2 rings (SSSR count). The molecule has 1 saturated heterocycles. The Kier molecular flexibility index (Phi) is 7.53. The number of rotatable bonds is 8. The molecular formula is C16H27IO6. The van der Waals surface area contributed by atoms with Gasteiger partial charge in [-0.2, -0.15) is 0 Å². The number of fused-ring (bicyclic) bond motifs is 1. The molecule has 2 fully saturated rings. The maximum atomic E-state index is 11.3. The SMILES string of the molecule is COC(=O)CC(I)CCC1CC2C(CC(O)C2C(OC)OC)O1. The molecule has 0 amide bonds. The third kappa shape index (κ3) is 4.78. The van der Waals surface area contributed by atoms with Crippen LogP contribution in [0.3, 0.4) is 0 Å². The highest BCUT2D eigenvalue weighted by Gasteiger charge is 2.52. The summed E-state index contributed by atoms with van der Waals surface area (Å²) in [6.45, 7) is 0. The summed E-state index contributed by atoms with van der Waals surface area (Å²) in [5, 5.41) is 10.3. The molecule has 6 atom stereocenters. The molecule has 134 valence electrons. The van der Waals surface area contributed by atoms with E-state index in [-0.39, 0.29) is 40.2 Å². The van der Waals surface area contributed by atoms with Gasteiger partial charge in [0.25, 0.3) is 0 Å². The molecule has 6 unspecified atom stereocenters. The van der Waals surface area contributed by atoms with E-state index in [1.165, 1.54) is 7.11 Å². The Morgan fingerprint density at radius 1 is 1.30 bits per heavy atom. The van der Waals surface area contributed by atoms with Gasteiger partial charge in [0.1, 0.15) is 0 Å². The number of carbonyl (C=O) groups is 1. The molecule has 0 aromatic rings.